The second kappa shape index (κ2) is 6.92. The zero-order valence-electron chi connectivity index (χ0n) is 12.4. The molecule has 0 heterocycles. The van der Waals surface area contributed by atoms with Crippen LogP contribution in [0.2, 0.25) is 0 Å². The summed E-state index contributed by atoms with van der Waals surface area (Å²) in [6, 6.07) is 7.23. The summed E-state index contributed by atoms with van der Waals surface area (Å²) >= 11 is 0. The first kappa shape index (κ1) is 15.1. The third-order valence-electron chi connectivity index (χ3n) is 3.50. The van der Waals surface area contributed by atoms with E-state index in [0.29, 0.717) is 17.9 Å². The van der Waals surface area contributed by atoms with Crippen LogP contribution in [0, 0.1) is 5.92 Å². The number of carbonyl (C=O) groups is 2. The Morgan fingerprint density at radius 2 is 2.10 bits per heavy atom. The molecule has 1 aliphatic rings. The van der Waals surface area contributed by atoms with Crippen molar-refractivity contribution in [2.24, 2.45) is 5.92 Å². The van der Waals surface area contributed by atoms with Gasteiger partial charge < -0.3 is 4.90 Å². The lowest BCUT2D eigenvalue weighted by Gasteiger charge is -2.14. The normalized spacial score (nSPS) is 16.6. The zero-order valence-corrected chi connectivity index (χ0v) is 12.4. The van der Waals surface area contributed by atoms with E-state index in [4.69, 9.17) is 0 Å². The third-order valence-corrected chi connectivity index (χ3v) is 3.50. The molecule has 0 aromatic heterocycles. The van der Waals surface area contributed by atoms with Gasteiger partial charge in [-0.2, -0.15) is 0 Å². The Hall–Kier alpha value is -2.30. The smallest absolute Gasteiger partial charge is 0.269 e. The number of hydrogen-bond acceptors (Lipinski definition) is 3. The van der Waals surface area contributed by atoms with E-state index in [1.54, 1.807) is 12.1 Å². The van der Waals surface area contributed by atoms with Gasteiger partial charge in [0.25, 0.3) is 5.91 Å². The predicted octanol–water partition coefficient (Wildman–Crippen LogP) is 1.87. The third kappa shape index (κ3) is 4.34. The SMILES string of the molecule is CN(C)c1cccc(C(=O)NNC(=O)C[C@@H]2C=CCC2)c1. The van der Waals surface area contributed by atoms with Crippen molar-refractivity contribution in [2.75, 3.05) is 19.0 Å². The molecule has 1 aliphatic carbocycles. The summed E-state index contributed by atoms with van der Waals surface area (Å²) in [5, 5.41) is 0. The number of hydrazine groups is 1. The molecule has 0 radical (unpaired) electrons. The minimum absolute atomic E-state index is 0.163. The Bertz CT molecular complexity index is 552. The first-order valence-electron chi connectivity index (χ1n) is 7.09. The molecule has 2 rings (SSSR count). The van der Waals surface area contributed by atoms with Gasteiger partial charge in [0.2, 0.25) is 5.91 Å². The molecule has 5 heteroatoms. The Kier molecular flexibility index (Phi) is 4.98. The highest BCUT2D eigenvalue weighted by molar-refractivity contribution is 5.96. The van der Waals surface area contributed by atoms with Crippen molar-refractivity contribution in [2.45, 2.75) is 19.3 Å². The first-order chi connectivity index (χ1) is 10.1. The van der Waals surface area contributed by atoms with Crippen molar-refractivity contribution in [3.05, 3.63) is 42.0 Å². The first-order valence-corrected chi connectivity index (χ1v) is 7.09. The van der Waals surface area contributed by atoms with Crippen LogP contribution in [0.15, 0.2) is 36.4 Å². The lowest BCUT2D eigenvalue weighted by Crippen LogP contribution is -2.42. The van der Waals surface area contributed by atoms with Crippen molar-refractivity contribution in [3.8, 4) is 0 Å². The number of amides is 2. The largest absolute Gasteiger partial charge is 0.378 e. The van der Waals surface area contributed by atoms with Gasteiger partial charge in [-0.15, -0.1) is 0 Å². The molecule has 0 saturated carbocycles. The number of nitrogens with one attached hydrogen (secondary N) is 2. The maximum absolute atomic E-state index is 12.0. The number of benzene rings is 1. The van der Waals surface area contributed by atoms with Gasteiger partial charge in [-0.25, -0.2) is 0 Å². The van der Waals surface area contributed by atoms with Crippen LogP contribution in [0.1, 0.15) is 29.6 Å². The molecule has 21 heavy (non-hydrogen) atoms. The molecular formula is C16H21N3O2. The standard InChI is InChI=1S/C16H21N3O2/c1-19(2)14-9-5-8-13(11-14)16(21)18-17-15(20)10-12-6-3-4-7-12/h3,5-6,8-9,11-12H,4,7,10H2,1-2H3,(H,17,20)(H,18,21)/t12-/m1/s1. The fourth-order valence-corrected chi connectivity index (χ4v) is 2.28. The van der Waals surface area contributed by atoms with Crippen molar-refractivity contribution in [1.29, 1.82) is 0 Å². The number of rotatable bonds is 4. The van der Waals surface area contributed by atoms with E-state index in [2.05, 4.69) is 23.0 Å². The number of anilines is 1. The number of allylic oxidation sites excluding steroid dienone is 2. The molecule has 0 saturated heterocycles. The van der Waals surface area contributed by atoms with Crippen LogP contribution in [0.4, 0.5) is 5.69 Å². The van der Waals surface area contributed by atoms with Gasteiger partial charge in [0.15, 0.2) is 0 Å². The molecule has 2 amide bonds. The minimum atomic E-state index is -0.311. The Morgan fingerprint density at radius 1 is 1.29 bits per heavy atom. The molecule has 0 spiro atoms. The second-order valence-electron chi connectivity index (χ2n) is 5.42. The lowest BCUT2D eigenvalue weighted by atomic mass is 10.1. The number of carbonyl (C=O) groups excluding carboxylic acids is 2. The fraction of sp³-hybridized carbons (Fsp3) is 0.375. The summed E-state index contributed by atoms with van der Waals surface area (Å²) in [6.07, 6.45) is 6.59. The Morgan fingerprint density at radius 3 is 2.76 bits per heavy atom. The number of hydrogen-bond donors (Lipinski definition) is 2. The van der Waals surface area contributed by atoms with Gasteiger partial charge >= 0.3 is 0 Å². The summed E-state index contributed by atoms with van der Waals surface area (Å²) < 4.78 is 0. The van der Waals surface area contributed by atoms with E-state index in [1.807, 2.05) is 31.1 Å². The summed E-state index contributed by atoms with van der Waals surface area (Å²) in [5.41, 5.74) is 6.38. The van der Waals surface area contributed by atoms with Gasteiger partial charge in [-0.05, 0) is 37.0 Å². The van der Waals surface area contributed by atoms with Crippen LogP contribution in [-0.4, -0.2) is 25.9 Å². The highest BCUT2D eigenvalue weighted by atomic mass is 16.2. The van der Waals surface area contributed by atoms with Crippen LogP contribution in [0.3, 0.4) is 0 Å². The van der Waals surface area contributed by atoms with Gasteiger partial charge in [0.05, 0.1) is 0 Å². The van der Waals surface area contributed by atoms with Crippen molar-refractivity contribution in [1.82, 2.24) is 10.9 Å². The summed E-state index contributed by atoms with van der Waals surface area (Å²) in [7, 11) is 3.82. The van der Waals surface area contributed by atoms with Crippen LogP contribution in [-0.2, 0) is 4.79 Å². The number of nitrogens with zero attached hydrogens (tertiary/aromatic N) is 1. The van der Waals surface area contributed by atoms with Gasteiger partial charge in [-0.1, -0.05) is 18.2 Å². The van der Waals surface area contributed by atoms with E-state index in [-0.39, 0.29) is 11.8 Å². The van der Waals surface area contributed by atoms with Crippen LogP contribution < -0.4 is 15.8 Å². The maximum Gasteiger partial charge on any atom is 0.269 e. The zero-order chi connectivity index (χ0) is 15.2. The summed E-state index contributed by atoms with van der Waals surface area (Å²) in [5.74, 6) is -0.184. The monoisotopic (exact) mass is 287 g/mol. The molecule has 0 fully saturated rings. The molecular weight excluding hydrogens is 266 g/mol. The fourth-order valence-electron chi connectivity index (χ4n) is 2.28. The van der Waals surface area contributed by atoms with Crippen molar-refractivity contribution >= 4 is 17.5 Å². The average Bonchev–Trinajstić information content (AvgIpc) is 2.97. The Labute approximate surface area is 125 Å². The van der Waals surface area contributed by atoms with E-state index < -0.39 is 0 Å². The molecule has 1 atom stereocenters. The minimum Gasteiger partial charge on any atom is -0.378 e. The summed E-state index contributed by atoms with van der Waals surface area (Å²) in [6.45, 7) is 0. The van der Waals surface area contributed by atoms with Gasteiger partial charge in [0.1, 0.15) is 0 Å². The molecule has 0 bridgehead atoms. The van der Waals surface area contributed by atoms with Gasteiger partial charge in [0, 0.05) is 31.8 Å². The Balaban J connectivity index is 1.85. The molecule has 0 unspecified atom stereocenters. The van der Waals surface area contributed by atoms with E-state index in [9.17, 15) is 9.59 Å². The highest BCUT2D eigenvalue weighted by Gasteiger charge is 2.14. The van der Waals surface area contributed by atoms with Crippen LogP contribution in [0.5, 0.6) is 0 Å². The van der Waals surface area contributed by atoms with Crippen molar-refractivity contribution < 1.29 is 9.59 Å². The molecule has 2 N–H and O–H groups in total. The van der Waals surface area contributed by atoms with E-state index in [0.717, 1.165) is 18.5 Å². The van der Waals surface area contributed by atoms with Crippen molar-refractivity contribution in [3.63, 3.8) is 0 Å². The molecule has 1 aromatic rings. The molecule has 0 aliphatic heterocycles. The molecule has 1 aromatic carbocycles. The van der Waals surface area contributed by atoms with E-state index >= 15 is 0 Å². The van der Waals surface area contributed by atoms with Gasteiger partial charge in [-0.3, -0.25) is 20.4 Å². The average molecular weight is 287 g/mol. The molecule has 5 nitrogen and oxygen atoms in total. The maximum atomic E-state index is 12.0. The quantitative estimate of drug-likeness (QED) is 0.656. The van der Waals surface area contributed by atoms with Crippen LogP contribution >= 0.6 is 0 Å². The second-order valence-corrected chi connectivity index (χ2v) is 5.42. The highest BCUT2D eigenvalue weighted by Crippen LogP contribution is 2.19. The topological polar surface area (TPSA) is 61.4 Å². The van der Waals surface area contributed by atoms with E-state index in [1.165, 1.54) is 0 Å². The van der Waals surface area contributed by atoms with Crippen LogP contribution in [0.25, 0.3) is 0 Å². The predicted molar refractivity (Wildman–Crippen MR) is 82.9 cm³/mol. The molecule has 112 valence electrons. The lowest BCUT2D eigenvalue weighted by molar-refractivity contribution is -0.122. The summed E-state index contributed by atoms with van der Waals surface area (Å²) in [4.78, 5) is 25.7.